The topological polar surface area (TPSA) is 54.5 Å². The van der Waals surface area contributed by atoms with E-state index in [0.29, 0.717) is 17.9 Å². The first-order valence-electron chi connectivity index (χ1n) is 7.39. The van der Waals surface area contributed by atoms with Crippen molar-refractivity contribution in [1.82, 2.24) is 4.31 Å². The summed E-state index contributed by atoms with van der Waals surface area (Å²) in [5.74, 6) is 0.137. The maximum atomic E-state index is 12.7. The summed E-state index contributed by atoms with van der Waals surface area (Å²) in [5, 5.41) is 0. The van der Waals surface area contributed by atoms with E-state index in [1.807, 2.05) is 19.9 Å². The van der Waals surface area contributed by atoms with Crippen molar-refractivity contribution in [3.8, 4) is 0 Å². The van der Waals surface area contributed by atoms with E-state index in [9.17, 15) is 13.2 Å². The van der Waals surface area contributed by atoms with Gasteiger partial charge in [0.15, 0.2) is 5.78 Å². The lowest BCUT2D eigenvalue weighted by Gasteiger charge is -2.17. The number of Topliss-reactive ketones (excluding diaryl/α,β-unsaturated/α-hetero) is 1. The molecule has 0 atom stereocenters. The van der Waals surface area contributed by atoms with Gasteiger partial charge in [-0.05, 0) is 38.0 Å². The lowest BCUT2D eigenvalue weighted by Crippen LogP contribution is -2.29. The zero-order chi connectivity index (χ0) is 15.9. The van der Waals surface area contributed by atoms with Crippen LogP contribution in [0.1, 0.15) is 25.3 Å². The number of carbonyl (C=O) groups excluding carboxylic acids is 1. The minimum absolute atomic E-state index is 0.137. The molecular formula is C17H19NO3S. The average Bonchev–Trinajstić information content (AvgIpc) is 3.07. The molecule has 1 aliphatic carbocycles. The number of aryl methyl sites for hydroxylation is 1. The fourth-order valence-corrected chi connectivity index (χ4v) is 4.35. The van der Waals surface area contributed by atoms with Gasteiger partial charge in [0.1, 0.15) is 0 Å². The lowest BCUT2D eigenvalue weighted by molar-refractivity contribution is -0.114. The normalized spacial score (nSPS) is 19.9. The Hall–Kier alpha value is -1.72. The molecule has 2 aliphatic rings. The van der Waals surface area contributed by atoms with Gasteiger partial charge in [0, 0.05) is 25.1 Å². The van der Waals surface area contributed by atoms with E-state index in [1.165, 1.54) is 4.31 Å². The van der Waals surface area contributed by atoms with Crippen molar-refractivity contribution in [2.45, 2.75) is 31.6 Å². The van der Waals surface area contributed by atoms with E-state index < -0.39 is 10.0 Å². The minimum atomic E-state index is -3.51. The molecule has 0 saturated heterocycles. The van der Waals surface area contributed by atoms with Crippen LogP contribution in [0.25, 0.3) is 0 Å². The maximum Gasteiger partial charge on any atom is 0.243 e. The van der Waals surface area contributed by atoms with E-state index in [-0.39, 0.29) is 12.3 Å². The number of ketones is 1. The molecule has 5 heteroatoms. The van der Waals surface area contributed by atoms with Crippen LogP contribution >= 0.6 is 0 Å². The van der Waals surface area contributed by atoms with Crippen molar-refractivity contribution in [1.29, 1.82) is 0 Å². The second kappa shape index (κ2) is 5.48. The van der Waals surface area contributed by atoms with Crippen LogP contribution in [0.15, 0.2) is 52.0 Å². The van der Waals surface area contributed by atoms with Crippen LogP contribution < -0.4 is 0 Å². The molecule has 0 N–H and O–H groups in total. The van der Waals surface area contributed by atoms with Crippen LogP contribution in [-0.4, -0.2) is 31.6 Å². The molecule has 0 saturated carbocycles. The van der Waals surface area contributed by atoms with Gasteiger partial charge in [-0.1, -0.05) is 29.3 Å². The van der Waals surface area contributed by atoms with Crippen molar-refractivity contribution in [2.75, 3.05) is 13.1 Å². The third kappa shape index (κ3) is 2.55. The molecule has 22 heavy (non-hydrogen) atoms. The molecule has 3 rings (SSSR count). The predicted octanol–water partition coefficient (Wildman–Crippen LogP) is 2.61. The summed E-state index contributed by atoms with van der Waals surface area (Å²) in [6.07, 6.45) is 3.20. The summed E-state index contributed by atoms with van der Waals surface area (Å²) in [7, 11) is -3.51. The van der Waals surface area contributed by atoms with Crippen molar-refractivity contribution < 1.29 is 13.2 Å². The van der Waals surface area contributed by atoms with Crippen molar-refractivity contribution in [3.63, 3.8) is 0 Å². The Labute approximate surface area is 131 Å². The first-order valence-corrected chi connectivity index (χ1v) is 8.83. The lowest BCUT2D eigenvalue weighted by atomic mass is 10.0. The molecule has 1 aliphatic heterocycles. The molecule has 1 aromatic rings. The van der Waals surface area contributed by atoms with E-state index in [4.69, 9.17) is 0 Å². The van der Waals surface area contributed by atoms with Gasteiger partial charge in [-0.3, -0.25) is 4.79 Å². The Morgan fingerprint density at radius 1 is 1.05 bits per heavy atom. The highest BCUT2D eigenvalue weighted by atomic mass is 32.2. The van der Waals surface area contributed by atoms with Crippen molar-refractivity contribution >= 4 is 15.8 Å². The van der Waals surface area contributed by atoms with Gasteiger partial charge in [0.2, 0.25) is 10.0 Å². The number of hydrogen-bond donors (Lipinski definition) is 0. The monoisotopic (exact) mass is 317 g/mol. The Bertz CT molecular complexity index is 786. The van der Waals surface area contributed by atoms with Gasteiger partial charge in [0.25, 0.3) is 0 Å². The first-order chi connectivity index (χ1) is 10.4. The predicted molar refractivity (Wildman–Crippen MR) is 85.0 cm³/mol. The molecule has 0 radical (unpaired) electrons. The smallest absolute Gasteiger partial charge is 0.243 e. The number of allylic oxidation sites excluding steroid dienone is 1. The number of carbonyl (C=O) groups is 1. The largest absolute Gasteiger partial charge is 0.294 e. The molecule has 0 spiro atoms. The van der Waals surface area contributed by atoms with Crippen LogP contribution in [0.2, 0.25) is 0 Å². The van der Waals surface area contributed by atoms with Crippen LogP contribution in [0.5, 0.6) is 0 Å². The van der Waals surface area contributed by atoms with E-state index in [2.05, 4.69) is 0 Å². The Morgan fingerprint density at radius 2 is 1.73 bits per heavy atom. The summed E-state index contributed by atoms with van der Waals surface area (Å²) in [6, 6.07) is 6.86. The minimum Gasteiger partial charge on any atom is -0.294 e. The highest BCUT2D eigenvalue weighted by Crippen LogP contribution is 2.32. The zero-order valence-corrected chi connectivity index (χ0v) is 13.6. The molecular weight excluding hydrogens is 298 g/mol. The van der Waals surface area contributed by atoms with Crippen LogP contribution in [0.4, 0.5) is 0 Å². The fourth-order valence-electron chi connectivity index (χ4n) is 3.00. The molecule has 1 heterocycles. The number of rotatable bonds is 3. The molecule has 0 fully saturated rings. The van der Waals surface area contributed by atoms with Gasteiger partial charge in [0.05, 0.1) is 4.90 Å². The molecule has 1 aromatic carbocycles. The van der Waals surface area contributed by atoms with Crippen LogP contribution in [0, 0.1) is 6.92 Å². The average molecular weight is 317 g/mol. The van der Waals surface area contributed by atoms with Gasteiger partial charge in [-0.15, -0.1) is 0 Å². The fraction of sp³-hybridized carbons (Fsp3) is 0.353. The third-order valence-electron chi connectivity index (χ3n) is 4.30. The van der Waals surface area contributed by atoms with Gasteiger partial charge in [-0.25, -0.2) is 8.42 Å². The molecule has 0 bridgehead atoms. The van der Waals surface area contributed by atoms with E-state index >= 15 is 0 Å². The molecule has 0 amide bonds. The number of nitrogens with zero attached hydrogens (tertiary/aromatic N) is 1. The summed E-state index contributed by atoms with van der Waals surface area (Å²) in [5.41, 5.74) is 3.71. The summed E-state index contributed by atoms with van der Waals surface area (Å²) in [4.78, 5) is 12.3. The van der Waals surface area contributed by atoms with Crippen LogP contribution in [-0.2, 0) is 14.8 Å². The molecule has 0 aromatic heterocycles. The van der Waals surface area contributed by atoms with Gasteiger partial charge < -0.3 is 0 Å². The number of hydrogen-bond acceptors (Lipinski definition) is 3. The second-order valence-electron chi connectivity index (χ2n) is 5.92. The van der Waals surface area contributed by atoms with Crippen molar-refractivity contribution in [2.24, 2.45) is 0 Å². The van der Waals surface area contributed by atoms with Crippen LogP contribution in [0.3, 0.4) is 0 Å². The standard InChI is InChI=1S/C17H19NO3S/c1-12-3-6-15(7-4-12)22(20,21)18-10-9-14(11-18)17-13(2)5-8-16(17)19/h3-4,6-7,9H,5,8,10-11H2,1-2H3. The van der Waals surface area contributed by atoms with Gasteiger partial charge >= 0.3 is 0 Å². The van der Waals surface area contributed by atoms with Crippen molar-refractivity contribution in [3.05, 3.63) is 52.6 Å². The number of sulfonamides is 1. The first kappa shape index (κ1) is 15.2. The maximum absolute atomic E-state index is 12.7. The number of benzene rings is 1. The SMILES string of the molecule is CC1=C(C2=CCN(S(=O)(=O)c3ccc(C)cc3)C2)C(=O)CC1. The second-order valence-corrected chi connectivity index (χ2v) is 7.86. The summed E-state index contributed by atoms with van der Waals surface area (Å²) in [6.45, 7) is 4.50. The Morgan fingerprint density at radius 3 is 2.32 bits per heavy atom. The summed E-state index contributed by atoms with van der Waals surface area (Å²) >= 11 is 0. The molecule has 0 unspecified atom stereocenters. The Kier molecular flexibility index (Phi) is 3.78. The van der Waals surface area contributed by atoms with E-state index in [0.717, 1.165) is 28.7 Å². The quantitative estimate of drug-likeness (QED) is 0.861. The molecule has 4 nitrogen and oxygen atoms in total. The third-order valence-corrected chi connectivity index (χ3v) is 6.13. The highest BCUT2D eigenvalue weighted by Gasteiger charge is 2.32. The zero-order valence-electron chi connectivity index (χ0n) is 12.8. The van der Waals surface area contributed by atoms with Gasteiger partial charge in [-0.2, -0.15) is 4.31 Å². The summed E-state index contributed by atoms with van der Waals surface area (Å²) < 4.78 is 26.8. The Balaban J connectivity index is 1.83. The highest BCUT2D eigenvalue weighted by molar-refractivity contribution is 7.89. The molecule has 116 valence electrons. The van der Waals surface area contributed by atoms with E-state index in [1.54, 1.807) is 24.3 Å².